The van der Waals surface area contributed by atoms with Crippen LogP contribution in [0.5, 0.6) is 5.75 Å². The second kappa shape index (κ2) is 8.58. The Labute approximate surface area is 177 Å². The van der Waals surface area contributed by atoms with Gasteiger partial charge >= 0.3 is 5.69 Å². The Hall–Kier alpha value is -3.69. The molecule has 0 aliphatic carbocycles. The van der Waals surface area contributed by atoms with Gasteiger partial charge in [-0.2, -0.15) is 4.98 Å². The molecule has 3 aromatic rings. The predicted molar refractivity (Wildman–Crippen MR) is 112 cm³/mol. The zero-order valence-electron chi connectivity index (χ0n) is 17.4. The van der Waals surface area contributed by atoms with Gasteiger partial charge in [-0.3, -0.25) is 18.7 Å². The molecule has 1 amide bonds. The number of para-hydroxylation sites is 2. The van der Waals surface area contributed by atoms with E-state index in [0.29, 0.717) is 36.0 Å². The zero-order valence-corrected chi connectivity index (χ0v) is 17.4. The van der Waals surface area contributed by atoms with Crippen LogP contribution in [0.3, 0.4) is 0 Å². The SMILES string of the molecule is COc1ccccc1NC(=O)Cn1c(=O)c(-c2noc(C)n2)c2n(c1=O)CCCCC2. The minimum absolute atomic E-state index is 0.132. The van der Waals surface area contributed by atoms with Crippen LogP contribution in [0.4, 0.5) is 5.69 Å². The van der Waals surface area contributed by atoms with Gasteiger partial charge in [0.05, 0.1) is 12.8 Å². The molecule has 0 atom stereocenters. The van der Waals surface area contributed by atoms with E-state index < -0.39 is 23.7 Å². The third-order valence-electron chi connectivity index (χ3n) is 5.26. The number of carbonyl (C=O) groups is 1. The number of nitrogens with zero attached hydrogens (tertiary/aromatic N) is 4. The highest BCUT2D eigenvalue weighted by atomic mass is 16.5. The van der Waals surface area contributed by atoms with Gasteiger partial charge in [0.2, 0.25) is 17.6 Å². The fourth-order valence-corrected chi connectivity index (χ4v) is 3.82. The van der Waals surface area contributed by atoms with Crippen molar-refractivity contribution in [1.29, 1.82) is 0 Å². The molecule has 3 heterocycles. The largest absolute Gasteiger partial charge is 0.495 e. The number of rotatable bonds is 5. The summed E-state index contributed by atoms with van der Waals surface area (Å²) in [6.07, 6.45) is 3.15. The molecule has 1 aliphatic heterocycles. The Morgan fingerprint density at radius 1 is 1.23 bits per heavy atom. The van der Waals surface area contributed by atoms with E-state index in [1.807, 2.05) is 0 Å². The average Bonchev–Trinajstić information content (AvgIpc) is 3.03. The number of methoxy groups -OCH3 is 1. The molecule has 0 saturated heterocycles. The molecule has 0 radical (unpaired) electrons. The van der Waals surface area contributed by atoms with Crippen molar-refractivity contribution >= 4 is 11.6 Å². The summed E-state index contributed by atoms with van der Waals surface area (Å²) in [6.45, 7) is 1.65. The van der Waals surface area contributed by atoms with E-state index in [-0.39, 0.29) is 11.4 Å². The van der Waals surface area contributed by atoms with Gasteiger partial charge in [0, 0.05) is 19.2 Å². The Bertz CT molecular complexity index is 1240. The molecule has 10 heteroatoms. The van der Waals surface area contributed by atoms with E-state index in [4.69, 9.17) is 9.26 Å². The maximum Gasteiger partial charge on any atom is 0.331 e. The molecule has 0 fully saturated rings. The van der Waals surface area contributed by atoms with E-state index >= 15 is 0 Å². The molecule has 0 saturated carbocycles. The van der Waals surface area contributed by atoms with E-state index in [1.54, 1.807) is 35.8 Å². The van der Waals surface area contributed by atoms with Crippen molar-refractivity contribution in [3.8, 4) is 17.1 Å². The highest BCUT2D eigenvalue weighted by molar-refractivity contribution is 5.92. The summed E-state index contributed by atoms with van der Waals surface area (Å²) < 4.78 is 12.8. The summed E-state index contributed by atoms with van der Waals surface area (Å²) in [4.78, 5) is 43.4. The molecule has 162 valence electrons. The first-order valence-corrected chi connectivity index (χ1v) is 10.1. The average molecular weight is 425 g/mol. The summed E-state index contributed by atoms with van der Waals surface area (Å²) in [5.41, 5.74) is 0.139. The molecule has 0 bridgehead atoms. The van der Waals surface area contributed by atoms with Crippen LogP contribution in [-0.2, 0) is 24.3 Å². The van der Waals surface area contributed by atoms with Gasteiger partial charge < -0.3 is 14.6 Å². The first-order chi connectivity index (χ1) is 15.0. The molecule has 1 aliphatic rings. The number of hydrogen-bond donors (Lipinski definition) is 1. The number of fused-ring (bicyclic) bond motifs is 1. The van der Waals surface area contributed by atoms with E-state index in [9.17, 15) is 14.4 Å². The summed E-state index contributed by atoms with van der Waals surface area (Å²) in [5, 5.41) is 6.59. The van der Waals surface area contributed by atoms with E-state index in [2.05, 4.69) is 15.5 Å². The van der Waals surface area contributed by atoms with Crippen molar-refractivity contribution in [2.75, 3.05) is 12.4 Å². The van der Waals surface area contributed by atoms with Crippen LogP contribution in [0.25, 0.3) is 11.4 Å². The van der Waals surface area contributed by atoms with Crippen molar-refractivity contribution in [1.82, 2.24) is 19.3 Å². The standard InChI is InChI=1S/C21H23N5O5/c1-13-22-19(24-31-13)18-15-9-4-3-7-11-25(15)21(29)26(20(18)28)12-17(27)23-14-8-5-6-10-16(14)30-2/h5-6,8,10H,3-4,7,9,11-12H2,1-2H3,(H,23,27). The number of nitrogens with one attached hydrogen (secondary N) is 1. The van der Waals surface area contributed by atoms with Crippen LogP contribution >= 0.6 is 0 Å². The van der Waals surface area contributed by atoms with Crippen LogP contribution in [0, 0.1) is 6.92 Å². The molecule has 0 spiro atoms. The number of hydrogen-bond acceptors (Lipinski definition) is 7. The van der Waals surface area contributed by atoms with Crippen LogP contribution in [0.15, 0.2) is 38.4 Å². The fraction of sp³-hybridized carbons (Fsp3) is 0.381. The summed E-state index contributed by atoms with van der Waals surface area (Å²) in [5.74, 6) is 0.401. The van der Waals surface area contributed by atoms with Gasteiger partial charge in [-0.05, 0) is 31.4 Å². The molecule has 31 heavy (non-hydrogen) atoms. The van der Waals surface area contributed by atoms with Gasteiger partial charge in [0.25, 0.3) is 5.56 Å². The molecule has 4 rings (SSSR count). The minimum atomic E-state index is -0.603. The zero-order chi connectivity index (χ0) is 22.0. The van der Waals surface area contributed by atoms with Crippen LogP contribution in [0.1, 0.15) is 30.8 Å². The quantitative estimate of drug-likeness (QED) is 0.661. The van der Waals surface area contributed by atoms with Crippen LogP contribution in [0.2, 0.25) is 0 Å². The normalized spacial score (nSPS) is 13.4. The second-order valence-electron chi connectivity index (χ2n) is 7.34. The van der Waals surface area contributed by atoms with E-state index in [0.717, 1.165) is 23.8 Å². The van der Waals surface area contributed by atoms with Crippen molar-refractivity contribution in [3.05, 3.63) is 56.7 Å². The fourth-order valence-electron chi connectivity index (χ4n) is 3.82. The Balaban J connectivity index is 1.77. The van der Waals surface area contributed by atoms with Crippen molar-refractivity contribution in [2.24, 2.45) is 0 Å². The Kier molecular flexibility index (Phi) is 5.70. The molecule has 1 aromatic carbocycles. The summed E-state index contributed by atoms with van der Waals surface area (Å²) >= 11 is 0. The van der Waals surface area contributed by atoms with E-state index in [1.165, 1.54) is 7.11 Å². The third kappa shape index (κ3) is 4.00. The number of ether oxygens (including phenoxy) is 1. The third-order valence-corrected chi connectivity index (χ3v) is 5.26. The summed E-state index contributed by atoms with van der Waals surface area (Å²) in [7, 11) is 1.49. The topological polar surface area (TPSA) is 121 Å². The highest BCUT2D eigenvalue weighted by Crippen LogP contribution is 2.23. The number of anilines is 1. The number of aromatic nitrogens is 4. The van der Waals surface area contributed by atoms with Crippen molar-refractivity contribution < 1.29 is 14.1 Å². The molecule has 2 aromatic heterocycles. The van der Waals surface area contributed by atoms with Gasteiger partial charge in [0.15, 0.2) is 0 Å². The molecular weight excluding hydrogens is 402 g/mol. The monoisotopic (exact) mass is 425 g/mol. The van der Waals surface area contributed by atoms with Crippen molar-refractivity contribution in [3.63, 3.8) is 0 Å². The lowest BCUT2D eigenvalue weighted by atomic mass is 10.1. The maximum atomic E-state index is 13.3. The van der Waals surface area contributed by atoms with Gasteiger partial charge in [-0.15, -0.1) is 0 Å². The lowest BCUT2D eigenvalue weighted by Gasteiger charge is -2.16. The number of amides is 1. The predicted octanol–water partition coefficient (Wildman–Crippen LogP) is 1.74. The number of carbonyl (C=O) groups excluding carboxylic acids is 1. The lowest BCUT2D eigenvalue weighted by Crippen LogP contribution is -2.44. The first-order valence-electron chi connectivity index (χ1n) is 10.1. The molecular formula is C21H23N5O5. The second-order valence-corrected chi connectivity index (χ2v) is 7.34. The molecule has 1 N–H and O–H groups in total. The highest BCUT2D eigenvalue weighted by Gasteiger charge is 2.25. The minimum Gasteiger partial charge on any atom is -0.495 e. The number of benzene rings is 1. The Morgan fingerprint density at radius 2 is 2.03 bits per heavy atom. The summed E-state index contributed by atoms with van der Waals surface area (Å²) in [6, 6.07) is 6.90. The maximum absolute atomic E-state index is 13.3. The first kappa shape index (κ1) is 20.6. The molecule has 10 nitrogen and oxygen atoms in total. The number of aryl methyl sites for hydroxylation is 1. The lowest BCUT2D eigenvalue weighted by molar-refractivity contribution is -0.116. The van der Waals surface area contributed by atoms with Crippen LogP contribution in [-0.4, -0.2) is 32.3 Å². The van der Waals surface area contributed by atoms with Crippen LogP contribution < -0.4 is 21.3 Å². The Morgan fingerprint density at radius 3 is 2.77 bits per heavy atom. The van der Waals surface area contributed by atoms with Gasteiger partial charge in [-0.25, -0.2) is 4.79 Å². The van der Waals surface area contributed by atoms with Gasteiger partial charge in [0.1, 0.15) is 17.9 Å². The smallest absolute Gasteiger partial charge is 0.331 e. The van der Waals surface area contributed by atoms with Gasteiger partial charge in [-0.1, -0.05) is 23.7 Å². The molecule has 0 unspecified atom stereocenters. The van der Waals surface area contributed by atoms with Crippen molar-refractivity contribution in [2.45, 2.75) is 45.7 Å².